The van der Waals surface area contributed by atoms with E-state index in [0.29, 0.717) is 34.9 Å². The zero-order chi connectivity index (χ0) is 69.6. The molecule has 105 heavy (non-hydrogen) atoms. The van der Waals surface area contributed by atoms with Crippen molar-refractivity contribution in [2.24, 2.45) is 0 Å². The Hall–Kier alpha value is -13.0. The Morgan fingerprint density at radius 3 is 0.905 bits per heavy atom. The molecule has 0 atom stereocenters. The molecule has 492 valence electrons. The van der Waals surface area contributed by atoms with Crippen LogP contribution in [0.15, 0.2) is 376 Å². The average molecular weight is 1390 g/mol. The summed E-state index contributed by atoms with van der Waals surface area (Å²) in [5.74, 6) is 3.49. The van der Waals surface area contributed by atoms with Gasteiger partial charge in [-0.05, 0) is 125 Å². The summed E-state index contributed by atoms with van der Waals surface area (Å²) in [7, 11) is -2.87. The molecule has 0 aliphatic carbocycles. The van der Waals surface area contributed by atoms with E-state index in [1.807, 2.05) is 59.1 Å². The zero-order valence-electron chi connectivity index (χ0n) is 56.8. The first-order valence-electron chi connectivity index (χ1n) is 35.3. The predicted molar refractivity (Wildman–Crippen MR) is 442 cm³/mol. The first kappa shape index (κ1) is 62.9. The monoisotopic (exact) mass is 1390 g/mol. The lowest BCUT2D eigenvalue weighted by molar-refractivity contribution is 1.07. The van der Waals surface area contributed by atoms with E-state index in [0.717, 1.165) is 77.9 Å². The maximum Gasteiger partial charge on any atom is 0.179 e. The zero-order valence-corrected chi connectivity index (χ0v) is 59.4. The summed E-state index contributed by atoms with van der Waals surface area (Å²) in [4.78, 5) is 32.0. The molecule has 0 aliphatic heterocycles. The second-order valence-electron chi connectivity index (χ2n) is 26.5. The minimum atomic E-state index is -2.87. The lowest BCUT2D eigenvalue weighted by atomic mass is 9.92. The third kappa shape index (κ3) is 11.8. The van der Waals surface area contributed by atoms with Crippen LogP contribution in [0.3, 0.4) is 0 Å². The molecule has 19 rings (SSSR count). The highest BCUT2D eigenvalue weighted by Gasteiger charge is 2.41. The van der Waals surface area contributed by atoms with Gasteiger partial charge in [-0.3, -0.25) is 0 Å². The molecular weight excluding hydrogens is 1330 g/mol. The van der Waals surface area contributed by atoms with E-state index in [9.17, 15) is 0 Å². The molecular formula is C96H62N6S2Si. The Balaban J connectivity index is 0.710. The van der Waals surface area contributed by atoms with E-state index in [2.05, 4.69) is 340 Å². The van der Waals surface area contributed by atoms with Gasteiger partial charge in [-0.1, -0.05) is 328 Å². The summed E-state index contributed by atoms with van der Waals surface area (Å²) < 4.78 is 5.13. The fraction of sp³-hybridized carbons (Fsp3) is 0. The van der Waals surface area contributed by atoms with Crippen molar-refractivity contribution in [2.45, 2.75) is 0 Å². The van der Waals surface area contributed by atoms with E-state index in [1.54, 1.807) is 0 Å². The highest BCUT2D eigenvalue weighted by Crippen LogP contribution is 2.44. The van der Waals surface area contributed by atoms with Crippen molar-refractivity contribution in [3.05, 3.63) is 376 Å². The Labute approximate surface area is 617 Å². The summed E-state index contributed by atoms with van der Waals surface area (Å²) in [6.45, 7) is 0. The average Bonchev–Trinajstić information content (AvgIpc) is 1.34. The molecule has 0 aliphatic rings. The van der Waals surface area contributed by atoms with Gasteiger partial charge in [0.1, 0.15) is 0 Å². The minimum absolute atomic E-state index is 0.563. The van der Waals surface area contributed by atoms with Crippen LogP contribution in [0, 0.1) is 0 Å². The molecule has 0 fully saturated rings. The maximum absolute atomic E-state index is 5.49. The van der Waals surface area contributed by atoms with Crippen LogP contribution in [-0.2, 0) is 0 Å². The molecule has 0 radical (unpaired) electrons. The van der Waals surface area contributed by atoms with Gasteiger partial charge in [0.05, 0.1) is 0 Å². The lowest BCUT2D eigenvalue weighted by Crippen LogP contribution is -2.74. The molecule has 0 saturated heterocycles. The molecule has 4 aromatic heterocycles. The van der Waals surface area contributed by atoms with Gasteiger partial charge in [0.15, 0.2) is 43.0 Å². The van der Waals surface area contributed by atoms with Crippen LogP contribution in [0.25, 0.3) is 164 Å². The van der Waals surface area contributed by atoms with E-state index in [4.69, 9.17) is 29.9 Å². The van der Waals surface area contributed by atoms with E-state index >= 15 is 0 Å². The van der Waals surface area contributed by atoms with E-state index in [-0.39, 0.29) is 0 Å². The predicted octanol–water partition coefficient (Wildman–Crippen LogP) is 22.5. The largest absolute Gasteiger partial charge is 0.208 e. The number of rotatable bonds is 15. The summed E-state index contributed by atoms with van der Waals surface area (Å²) >= 11 is 3.71. The lowest BCUT2D eigenvalue weighted by Gasteiger charge is -2.34. The van der Waals surface area contributed by atoms with Crippen LogP contribution < -0.4 is 20.7 Å². The first-order chi connectivity index (χ1) is 52.0. The van der Waals surface area contributed by atoms with Crippen molar-refractivity contribution in [3.63, 3.8) is 0 Å². The number of fused-ring (bicyclic) bond motifs is 6. The molecule has 4 heterocycles. The molecule has 0 amide bonds. The Bertz CT molecular complexity index is 6190. The Kier molecular flexibility index (Phi) is 16.2. The number of hydrogen-bond donors (Lipinski definition) is 0. The van der Waals surface area contributed by atoms with Gasteiger partial charge in [-0.15, -0.1) is 22.7 Å². The van der Waals surface area contributed by atoms with Crippen LogP contribution >= 0.6 is 22.7 Å². The molecule has 19 aromatic rings. The van der Waals surface area contributed by atoms with Crippen molar-refractivity contribution in [3.8, 4) is 124 Å². The fourth-order valence-corrected chi connectivity index (χ4v) is 22.4. The number of benzene rings is 15. The number of nitrogens with zero attached hydrogens (tertiary/aromatic N) is 6. The fourth-order valence-electron chi connectivity index (χ4n) is 15.1. The van der Waals surface area contributed by atoms with Gasteiger partial charge in [-0.2, -0.15) is 0 Å². The Morgan fingerprint density at radius 2 is 0.448 bits per heavy atom. The van der Waals surface area contributed by atoms with Crippen LogP contribution in [0.5, 0.6) is 0 Å². The van der Waals surface area contributed by atoms with Gasteiger partial charge in [-0.25, -0.2) is 29.9 Å². The van der Waals surface area contributed by atoms with Gasteiger partial charge in [0.25, 0.3) is 0 Å². The molecule has 0 unspecified atom stereocenters. The summed E-state index contributed by atoms with van der Waals surface area (Å²) in [5, 5.41) is 10.2. The normalized spacial score (nSPS) is 11.6. The van der Waals surface area contributed by atoms with Crippen LogP contribution in [0.1, 0.15) is 0 Å². The third-order valence-electron chi connectivity index (χ3n) is 20.1. The summed E-state index contributed by atoms with van der Waals surface area (Å²) in [6, 6.07) is 135. The molecule has 0 bridgehead atoms. The molecule has 0 spiro atoms. The maximum atomic E-state index is 5.49. The topological polar surface area (TPSA) is 77.3 Å². The van der Waals surface area contributed by atoms with Crippen molar-refractivity contribution in [1.82, 2.24) is 29.9 Å². The summed E-state index contributed by atoms with van der Waals surface area (Å²) in [6.07, 6.45) is 0. The van der Waals surface area contributed by atoms with Crippen molar-refractivity contribution in [1.29, 1.82) is 0 Å². The third-order valence-corrected chi connectivity index (χ3v) is 27.3. The van der Waals surface area contributed by atoms with Crippen LogP contribution in [-0.4, -0.2) is 38.0 Å². The smallest absolute Gasteiger partial charge is 0.179 e. The highest BCUT2D eigenvalue weighted by molar-refractivity contribution is 7.26. The number of aromatic nitrogens is 6. The minimum Gasteiger partial charge on any atom is -0.208 e. The van der Waals surface area contributed by atoms with E-state index in [1.165, 1.54) is 72.2 Å². The van der Waals surface area contributed by atoms with Crippen molar-refractivity contribution < 1.29 is 0 Å². The Morgan fingerprint density at radius 1 is 0.171 bits per heavy atom. The number of thiophene rings is 2. The standard InChI is InChI=1S/C96H62N6S2Si/c1-6-26-64(27-7-1)91-97-93(100-95(99-91)73-36-23-43-80(62-73)105(77-37-10-3-11-38-77,78-39-12-4-13-40-78)79-41-14-5-15-42-79)66-54-52-63(53-55-66)67-30-22-35-72(58-67)94-98-92(65-28-8-2-9-29-65)101-96(102-94)76-60-74(68-31-20-33-70(56-68)81-46-24-48-85-83-44-16-18-50-87(83)103-89(81)85)59-75(61-76)69-32-21-34-71(57-69)82-47-25-49-86-84-45-17-19-51-88(84)104-90(82)86/h1-62H. The first-order valence-corrected chi connectivity index (χ1v) is 38.9. The summed E-state index contributed by atoms with van der Waals surface area (Å²) in [5.41, 5.74) is 16.3. The van der Waals surface area contributed by atoms with Crippen molar-refractivity contribution >= 4 is 91.8 Å². The van der Waals surface area contributed by atoms with Crippen LogP contribution in [0.4, 0.5) is 0 Å². The quantitative estimate of drug-likeness (QED) is 0.0752. The van der Waals surface area contributed by atoms with Gasteiger partial charge < -0.3 is 0 Å². The molecule has 15 aromatic carbocycles. The van der Waals surface area contributed by atoms with Gasteiger partial charge in [0, 0.05) is 73.7 Å². The second kappa shape index (κ2) is 27.1. The number of hydrogen-bond acceptors (Lipinski definition) is 8. The van der Waals surface area contributed by atoms with Gasteiger partial charge >= 0.3 is 0 Å². The van der Waals surface area contributed by atoms with Crippen molar-refractivity contribution in [2.75, 3.05) is 0 Å². The second-order valence-corrected chi connectivity index (χ2v) is 32.4. The van der Waals surface area contributed by atoms with E-state index < -0.39 is 8.07 Å². The molecule has 0 saturated carbocycles. The molecule has 6 nitrogen and oxygen atoms in total. The molecule has 0 N–H and O–H groups in total. The highest BCUT2D eigenvalue weighted by atomic mass is 32.1. The molecule has 9 heteroatoms. The van der Waals surface area contributed by atoms with Crippen LogP contribution in [0.2, 0.25) is 0 Å². The SMILES string of the molecule is c1ccc(-c2nc(-c3cccc(-c4ccc(-c5nc(-c6ccccc6)nc(-c6cccc([Si](c7ccccc7)(c7ccccc7)c7ccccc7)c6)n5)cc4)c3)nc(-c3cc(-c4cccc(-c5cccc6c5sc5ccccc56)c4)cc(-c4cccc(-c5cccc6c5sc5ccccc56)c4)c3)n2)cc1. The van der Waals surface area contributed by atoms with Gasteiger partial charge in [0.2, 0.25) is 0 Å².